The van der Waals surface area contributed by atoms with Gasteiger partial charge in [-0.1, -0.05) is 23.8 Å². The molecule has 1 unspecified atom stereocenters. The Kier molecular flexibility index (Phi) is 7.69. The van der Waals surface area contributed by atoms with Crippen LogP contribution in [-0.2, 0) is 11.3 Å². The number of guanidine groups is 1. The molecule has 1 aromatic heterocycles. The van der Waals surface area contributed by atoms with Gasteiger partial charge in [-0.05, 0) is 31.0 Å². The molecular formula is C22H31N5O2. The van der Waals surface area contributed by atoms with Crippen molar-refractivity contribution in [3.8, 4) is 5.88 Å². The SMILES string of the molecule is CN=C(NCc1ccc(OCCOC)nc1)NC1CCN(c2ccc(C)cc2)C1. The summed E-state index contributed by atoms with van der Waals surface area (Å²) in [5.41, 5.74) is 3.64. The van der Waals surface area contributed by atoms with Crippen LogP contribution in [0.15, 0.2) is 47.6 Å². The van der Waals surface area contributed by atoms with Gasteiger partial charge in [0.15, 0.2) is 5.96 Å². The Labute approximate surface area is 173 Å². The maximum Gasteiger partial charge on any atom is 0.213 e. The van der Waals surface area contributed by atoms with Crippen molar-refractivity contribution in [3.63, 3.8) is 0 Å². The molecule has 2 aromatic rings. The van der Waals surface area contributed by atoms with Crippen LogP contribution in [0.1, 0.15) is 17.5 Å². The molecule has 156 valence electrons. The number of rotatable bonds is 8. The fraction of sp³-hybridized carbons (Fsp3) is 0.455. The van der Waals surface area contributed by atoms with E-state index in [1.807, 2.05) is 18.3 Å². The number of benzene rings is 1. The van der Waals surface area contributed by atoms with E-state index in [-0.39, 0.29) is 0 Å². The lowest BCUT2D eigenvalue weighted by Gasteiger charge is -2.20. The van der Waals surface area contributed by atoms with E-state index in [4.69, 9.17) is 9.47 Å². The highest BCUT2D eigenvalue weighted by molar-refractivity contribution is 5.80. The Balaban J connectivity index is 1.44. The standard InChI is InChI=1S/C22H31N5O2/c1-17-4-7-20(8-5-17)27-11-10-19(16-27)26-22(23-2)25-15-18-6-9-21(24-14-18)29-13-12-28-3/h4-9,14,19H,10-13,15-16H2,1-3H3,(H2,23,25,26). The first-order valence-electron chi connectivity index (χ1n) is 10.0. The minimum Gasteiger partial charge on any atom is -0.475 e. The largest absolute Gasteiger partial charge is 0.475 e. The maximum absolute atomic E-state index is 5.49. The normalized spacial score (nSPS) is 16.7. The third-order valence-corrected chi connectivity index (χ3v) is 4.95. The topological polar surface area (TPSA) is 71.0 Å². The molecule has 1 aliphatic rings. The number of methoxy groups -OCH3 is 1. The molecule has 2 heterocycles. The number of aryl methyl sites for hydroxylation is 1. The fourth-order valence-electron chi connectivity index (χ4n) is 3.27. The molecule has 1 saturated heterocycles. The lowest BCUT2D eigenvalue weighted by Crippen LogP contribution is -2.44. The van der Waals surface area contributed by atoms with Crippen molar-refractivity contribution < 1.29 is 9.47 Å². The minimum absolute atomic E-state index is 0.372. The predicted molar refractivity (Wildman–Crippen MR) is 117 cm³/mol. The van der Waals surface area contributed by atoms with Crippen molar-refractivity contribution in [1.82, 2.24) is 15.6 Å². The molecule has 2 N–H and O–H groups in total. The van der Waals surface area contributed by atoms with Gasteiger partial charge in [-0.25, -0.2) is 4.98 Å². The van der Waals surface area contributed by atoms with Crippen LogP contribution in [0.25, 0.3) is 0 Å². The summed E-state index contributed by atoms with van der Waals surface area (Å²) in [5, 5.41) is 6.90. The Morgan fingerprint density at radius 2 is 2.03 bits per heavy atom. The van der Waals surface area contributed by atoms with E-state index in [9.17, 15) is 0 Å². The number of nitrogens with zero attached hydrogens (tertiary/aromatic N) is 3. The van der Waals surface area contributed by atoms with Crippen LogP contribution < -0.4 is 20.3 Å². The average molecular weight is 398 g/mol. The number of aromatic nitrogens is 1. The smallest absolute Gasteiger partial charge is 0.213 e. The van der Waals surface area contributed by atoms with Gasteiger partial charge in [-0.3, -0.25) is 4.99 Å². The minimum atomic E-state index is 0.372. The van der Waals surface area contributed by atoms with Gasteiger partial charge < -0.3 is 25.0 Å². The molecule has 3 rings (SSSR count). The predicted octanol–water partition coefficient (Wildman–Crippen LogP) is 2.36. The number of pyridine rings is 1. The molecule has 0 spiro atoms. The first kappa shape index (κ1) is 20.9. The first-order chi connectivity index (χ1) is 14.2. The Morgan fingerprint density at radius 1 is 1.21 bits per heavy atom. The first-order valence-corrected chi connectivity index (χ1v) is 10.0. The van der Waals surface area contributed by atoms with Crippen molar-refractivity contribution in [2.45, 2.75) is 25.9 Å². The molecule has 7 nitrogen and oxygen atoms in total. The van der Waals surface area contributed by atoms with Crippen LogP contribution in [-0.4, -0.2) is 57.4 Å². The molecule has 0 amide bonds. The molecule has 0 bridgehead atoms. The summed E-state index contributed by atoms with van der Waals surface area (Å²) in [6.07, 6.45) is 2.90. The molecule has 0 saturated carbocycles. The van der Waals surface area contributed by atoms with Crippen LogP contribution in [0.4, 0.5) is 5.69 Å². The summed E-state index contributed by atoms with van der Waals surface area (Å²) in [6.45, 7) is 5.84. The highest BCUT2D eigenvalue weighted by Crippen LogP contribution is 2.20. The van der Waals surface area contributed by atoms with Gasteiger partial charge >= 0.3 is 0 Å². The zero-order valence-electron chi connectivity index (χ0n) is 17.5. The van der Waals surface area contributed by atoms with Gasteiger partial charge in [0.25, 0.3) is 0 Å². The summed E-state index contributed by atoms with van der Waals surface area (Å²) in [7, 11) is 3.45. The van der Waals surface area contributed by atoms with Gasteiger partial charge in [0.05, 0.1) is 6.61 Å². The zero-order chi connectivity index (χ0) is 20.5. The second kappa shape index (κ2) is 10.7. The van der Waals surface area contributed by atoms with Gasteiger partial charge in [0, 0.05) is 57.8 Å². The van der Waals surface area contributed by atoms with Crippen molar-refractivity contribution in [1.29, 1.82) is 0 Å². The van der Waals surface area contributed by atoms with Gasteiger partial charge in [0.2, 0.25) is 5.88 Å². The van der Waals surface area contributed by atoms with Crippen molar-refractivity contribution in [3.05, 3.63) is 53.7 Å². The Bertz CT molecular complexity index is 777. The summed E-state index contributed by atoms with van der Waals surface area (Å²) < 4.78 is 10.5. The number of aliphatic imine (C=N–C) groups is 1. The number of ether oxygens (including phenoxy) is 2. The van der Waals surface area contributed by atoms with Gasteiger partial charge in [0.1, 0.15) is 6.61 Å². The van der Waals surface area contributed by atoms with Crippen LogP contribution in [0, 0.1) is 6.92 Å². The van der Waals surface area contributed by atoms with Gasteiger partial charge in [-0.2, -0.15) is 0 Å². The van der Waals surface area contributed by atoms with E-state index < -0.39 is 0 Å². The highest BCUT2D eigenvalue weighted by Gasteiger charge is 2.23. The van der Waals surface area contributed by atoms with Crippen molar-refractivity contribution in [2.75, 3.05) is 45.4 Å². The van der Waals surface area contributed by atoms with E-state index in [0.29, 0.717) is 31.7 Å². The summed E-state index contributed by atoms with van der Waals surface area (Å²) in [6, 6.07) is 13.0. The van der Waals surface area contributed by atoms with Crippen LogP contribution in [0.2, 0.25) is 0 Å². The average Bonchev–Trinajstić information content (AvgIpc) is 3.21. The highest BCUT2D eigenvalue weighted by atomic mass is 16.5. The third kappa shape index (κ3) is 6.35. The number of hydrogen-bond donors (Lipinski definition) is 2. The molecule has 7 heteroatoms. The number of anilines is 1. The van der Waals surface area contributed by atoms with E-state index in [2.05, 4.69) is 56.7 Å². The Morgan fingerprint density at radius 3 is 2.72 bits per heavy atom. The quantitative estimate of drug-likeness (QED) is 0.405. The maximum atomic E-state index is 5.49. The van der Waals surface area contributed by atoms with Crippen LogP contribution in [0.3, 0.4) is 0 Å². The lowest BCUT2D eigenvalue weighted by molar-refractivity contribution is 0.143. The molecule has 29 heavy (non-hydrogen) atoms. The summed E-state index contributed by atoms with van der Waals surface area (Å²) in [4.78, 5) is 11.1. The lowest BCUT2D eigenvalue weighted by atomic mass is 10.2. The third-order valence-electron chi connectivity index (χ3n) is 4.95. The molecule has 0 aliphatic carbocycles. The van der Waals surface area contributed by atoms with Crippen LogP contribution in [0.5, 0.6) is 5.88 Å². The molecule has 1 aliphatic heterocycles. The molecule has 1 aromatic carbocycles. The number of nitrogens with one attached hydrogen (secondary N) is 2. The zero-order valence-corrected chi connectivity index (χ0v) is 17.5. The van der Waals surface area contributed by atoms with E-state index >= 15 is 0 Å². The van der Waals surface area contributed by atoms with E-state index in [1.165, 1.54) is 11.3 Å². The second-order valence-corrected chi connectivity index (χ2v) is 7.18. The van der Waals surface area contributed by atoms with Crippen molar-refractivity contribution in [2.24, 2.45) is 4.99 Å². The second-order valence-electron chi connectivity index (χ2n) is 7.18. The monoisotopic (exact) mass is 397 g/mol. The molecule has 1 atom stereocenters. The molecular weight excluding hydrogens is 366 g/mol. The molecule has 1 fully saturated rings. The fourth-order valence-corrected chi connectivity index (χ4v) is 3.27. The van der Waals surface area contributed by atoms with E-state index in [0.717, 1.165) is 31.0 Å². The summed E-state index contributed by atoms with van der Waals surface area (Å²) >= 11 is 0. The number of hydrogen-bond acceptors (Lipinski definition) is 5. The van der Waals surface area contributed by atoms with E-state index in [1.54, 1.807) is 14.2 Å². The van der Waals surface area contributed by atoms with Crippen LogP contribution >= 0.6 is 0 Å². The summed E-state index contributed by atoms with van der Waals surface area (Å²) in [5.74, 6) is 1.41. The van der Waals surface area contributed by atoms with Gasteiger partial charge in [-0.15, -0.1) is 0 Å². The Hall–Kier alpha value is -2.80. The molecule has 0 radical (unpaired) electrons. The van der Waals surface area contributed by atoms with Crippen molar-refractivity contribution >= 4 is 11.6 Å².